The first-order valence-corrected chi connectivity index (χ1v) is 18.7. The van der Waals surface area contributed by atoms with Crippen molar-refractivity contribution < 1.29 is 23.8 Å². The van der Waals surface area contributed by atoms with Crippen LogP contribution in [0.4, 0.5) is 10.5 Å². The molecule has 0 fully saturated rings. The van der Waals surface area contributed by atoms with Crippen molar-refractivity contribution in [1.82, 2.24) is 19.8 Å². The molecule has 0 unspecified atom stereocenters. The third-order valence-corrected chi connectivity index (χ3v) is 10.9. The molecule has 2 aromatic heterocycles. The van der Waals surface area contributed by atoms with E-state index in [4.69, 9.17) is 25.8 Å². The molecule has 13 heteroatoms. The number of likely N-dealkylation sites (N-methyl/N-ethyl adjacent to an activating group) is 1. The number of H-pyrrole nitrogens is 1. The number of ether oxygens (including phenoxy) is 3. The smallest absolute Gasteiger partial charge is 0.415 e. The minimum Gasteiger partial charge on any atom is -0.493 e. The summed E-state index contributed by atoms with van der Waals surface area (Å²) in [6.07, 6.45) is 1.28. The molecule has 2 amide bonds. The van der Waals surface area contributed by atoms with Crippen molar-refractivity contribution >= 4 is 72.6 Å². The number of aromatic amines is 1. The van der Waals surface area contributed by atoms with Crippen molar-refractivity contribution in [2.45, 2.75) is 10.9 Å². The number of rotatable bonds is 13. The predicted molar refractivity (Wildman–Crippen MR) is 199 cm³/mol. The third kappa shape index (κ3) is 7.72. The molecule has 1 atom stereocenters. The molecule has 1 aliphatic rings. The average Bonchev–Trinajstić information content (AvgIpc) is 3.71. The number of pyridine rings is 1. The lowest BCUT2D eigenvalue weighted by atomic mass is 9.95. The Balaban J connectivity index is 1.25. The molecule has 0 saturated carbocycles. The lowest BCUT2D eigenvalue weighted by Gasteiger charge is -2.20. The number of hydrogen-bond donors (Lipinski definition) is 1. The highest BCUT2D eigenvalue weighted by Gasteiger charge is 2.36. The molecule has 6 rings (SSSR count). The van der Waals surface area contributed by atoms with Crippen molar-refractivity contribution in [3.8, 4) is 17.2 Å². The summed E-state index contributed by atoms with van der Waals surface area (Å²) in [4.78, 5) is 40.4. The molecule has 256 valence electrons. The Bertz CT molecular complexity index is 1960. The number of anilines is 1. The first-order chi connectivity index (χ1) is 23.8. The van der Waals surface area contributed by atoms with Crippen molar-refractivity contribution in [2.75, 3.05) is 71.0 Å². The summed E-state index contributed by atoms with van der Waals surface area (Å²) in [7, 11) is 10.5. The van der Waals surface area contributed by atoms with Gasteiger partial charge in [0.2, 0.25) is 0 Å². The first kappa shape index (κ1) is 34.8. The molecule has 1 N–H and O–H groups in total. The Morgan fingerprint density at radius 1 is 1.00 bits per heavy atom. The standard InChI is InChI=1S/C36H38ClN5O5S2/c1-40(2)13-15-46-32-18-23-17-28(39-27(23)19-31(32)45-4)35(43)42-22-24(21-37)34-26-10-6-5-9-25(26)30(20-29(34)42)47-36(44)41(3)14-16-48-49-33-11-7-8-12-38-33/h5-12,17-20,24,39H,13-16,21-22H2,1-4H3/t24-/m1/s1. The van der Waals surface area contributed by atoms with Gasteiger partial charge in [-0.25, -0.2) is 9.78 Å². The van der Waals surface area contributed by atoms with Gasteiger partial charge < -0.3 is 33.9 Å². The molecular formula is C36H38ClN5O5S2. The summed E-state index contributed by atoms with van der Waals surface area (Å²) in [5.41, 5.74) is 2.80. The maximum absolute atomic E-state index is 14.2. The van der Waals surface area contributed by atoms with E-state index in [-0.39, 0.29) is 11.8 Å². The number of aromatic nitrogens is 2. The van der Waals surface area contributed by atoms with Crippen LogP contribution in [-0.2, 0) is 0 Å². The highest BCUT2D eigenvalue weighted by molar-refractivity contribution is 8.76. The van der Waals surface area contributed by atoms with E-state index < -0.39 is 6.09 Å². The minimum absolute atomic E-state index is 0.104. The molecular weight excluding hydrogens is 682 g/mol. The van der Waals surface area contributed by atoms with Gasteiger partial charge in [-0.1, -0.05) is 41.1 Å². The van der Waals surface area contributed by atoms with Gasteiger partial charge in [0, 0.05) is 78.9 Å². The zero-order valence-corrected chi connectivity index (χ0v) is 30.2. The van der Waals surface area contributed by atoms with Crippen molar-refractivity contribution in [3.05, 3.63) is 84.2 Å². The van der Waals surface area contributed by atoms with Gasteiger partial charge in [-0.15, -0.1) is 11.6 Å². The molecule has 5 aromatic rings. The van der Waals surface area contributed by atoms with Crippen LogP contribution in [0.25, 0.3) is 21.7 Å². The van der Waals surface area contributed by atoms with Crippen LogP contribution in [0.2, 0.25) is 0 Å². The molecule has 49 heavy (non-hydrogen) atoms. The van der Waals surface area contributed by atoms with Crippen LogP contribution in [-0.4, -0.2) is 97.9 Å². The topological polar surface area (TPSA) is 100 Å². The van der Waals surface area contributed by atoms with Gasteiger partial charge in [0.05, 0.1) is 12.8 Å². The normalized spacial score (nSPS) is 14.0. The first-order valence-electron chi connectivity index (χ1n) is 15.8. The van der Waals surface area contributed by atoms with Gasteiger partial charge in [-0.2, -0.15) is 0 Å². The van der Waals surface area contributed by atoms with E-state index in [1.807, 2.05) is 79.7 Å². The highest BCUT2D eigenvalue weighted by Crippen LogP contribution is 2.46. The molecule has 3 heterocycles. The van der Waals surface area contributed by atoms with Crippen LogP contribution in [0.1, 0.15) is 22.0 Å². The van der Waals surface area contributed by atoms with Crippen molar-refractivity contribution in [1.29, 1.82) is 0 Å². The van der Waals surface area contributed by atoms with E-state index >= 15 is 0 Å². The summed E-state index contributed by atoms with van der Waals surface area (Å²) < 4.78 is 17.6. The lowest BCUT2D eigenvalue weighted by Crippen LogP contribution is -2.32. The number of halogens is 1. The second-order valence-electron chi connectivity index (χ2n) is 11.9. The second kappa shape index (κ2) is 15.6. The monoisotopic (exact) mass is 719 g/mol. The van der Waals surface area contributed by atoms with Crippen LogP contribution in [0.5, 0.6) is 17.2 Å². The van der Waals surface area contributed by atoms with E-state index in [2.05, 4.69) is 9.97 Å². The van der Waals surface area contributed by atoms with Crippen LogP contribution < -0.4 is 19.1 Å². The average molecular weight is 720 g/mol. The van der Waals surface area contributed by atoms with Gasteiger partial charge in [0.15, 0.2) is 11.5 Å². The highest BCUT2D eigenvalue weighted by atomic mass is 35.5. The van der Waals surface area contributed by atoms with Crippen LogP contribution >= 0.6 is 33.2 Å². The Morgan fingerprint density at radius 3 is 2.53 bits per heavy atom. The summed E-state index contributed by atoms with van der Waals surface area (Å²) in [6.45, 7) is 2.12. The zero-order valence-electron chi connectivity index (χ0n) is 27.8. The number of nitrogens with one attached hydrogen (secondary N) is 1. The number of carbonyl (C=O) groups is 2. The van der Waals surface area contributed by atoms with E-state index in [0.717, 1.165) is 38.8 Å². The molecule has 0 spiro atoms. The van der Waals surface area contributed by atoms with E-state index in [1.165, 1.54) is 0 Å². The summed E-state index contributed by atoms with van der Waals surface area (Å²) in [6, 6.07) is 20.9. The largest absolute Gasteiger partial charge is 0.493 e. The minimum atomic E-state index is -0.480. The quantitative estimate of drug-likeness (QED) is 0.0753. The number of alkyl halides is 1. The second-order valence-corrected chi connectivity index (χ2v) is 14.7. The van der Waals surface area contributed by atoms with Gasteiger partial charge in [0.25, 0.3) is 5.91 Å². The summed E-state index contributed by atoms with van der Waals surface area (Å²) in [5.74, 6) is 2.27. The summed E-state index contributed by atoms with van der Waals surface area (Å²) >= 11 is 6.52. The number of amides is 2. The van der Waals surface area contributed by atoms with Gasteiger partial charge in [-0.3, -0.25) is 4.79 Å². The Hall–Kier alpha value is -4.10. The molecule has 1 aliphatic heterocycles. The molecule has 10 nitrogen and oxygen atoms in total. The molecule has 3 aromatic carbocycles. The SMILES string of the molecule is COc1cc2[nH]c(C(=O)N3C[C@@H](CCl)c4c3cc(OC(=O)N(C)CCSSc3ccccn3)c3ccccc43)cc2cc1OCCN(C)C. The van der Waals surface area contributed by atoms with Crippen molar-refractivity contribution in [3.63, 3.8) is 0 Å². The number of methoxy groups -OCH3 is 1. The Kier molecular flexibility index (Phi) is 11.1. The molecule has 0 bridgehead atoms. The molecule has 0 radical (unpaired) electrons. The van der Waals surface area contributed by atoms with Crippen LogP contribution in [0.3, 0.4) is 0 Å². The number of hydrogen-bond acceptors (Lipinski definition) is 9. The number of fused-ring (bicyclic) bond motifs is 4. The maximum Gasteiger partial charge on any atom is 0.415 e. The Labute approximate surface area is 298 Å². The Morgan fingerprint density at radius 2 is 1.80 bits per heavy atom. The van der Waals surface area contributed by atoms with Crippen molar-refractivity contribution in [2.24, 2.45) is 0 Å². The maximum atomic E-state index is 14.2. The van der Waals surface area contributed by atoms with Crippen LogP contribution in [0, 0.1) is 0 Å². The van der Waals surface area contributed by atoms with Gasteiger partial charge in [-0.05, 0) is 60.1 Å². The number of nitrogens with zero attached hydrogens (tertiary/aromatic N) is 4. The number of carbonyl (C=O) groups excluding carboxylic acids is 2. The van der Waals surface area contributed by atoms with E-state index in [9.17, 15) is 9.59 Å². The van der Waals surface area contributed by atoms with E-state index in [1.54, 1.807) is 57.8 Å². The lowest BCUT2D eigenvalue weighted by molar-refractivity contribution is 0.0984. The van der Waals surface area contributed by atoms with Gasteiger partial charge >= 0.3 is 6.09 Å². The van der Waals surface area contributed by atoms with Crippen LogP contribution in [0.15, 0.2) is 78.0 Å². The van der Waals surface area contributed by atoms with E-state index in [0.29, 0.717) is 60.0 Å². The summed E-state index contributed by atoms with van der Waals surface area (Å²) in [5, 5.41) is 3.42. The van der Waals surface area contributed by atoms with Gasteiger partial charge in [0.1, 0.15) is 23.1 Å². The molecule has 0 aliphatic carbocycles. The fourth-order valence-electron chi connectivity index (χ4n) is 5.76. The zero-order chi connectivity index (χ0) is 34.5. The predicted octanol–water partition coefficient (Wildman–Crippen LogP) is 7.52. The fraction of sp³-hybridized carbons (Fsp3) is 0.306. The third-order valence-electron chi connectivity index (χ3n) is 8.29. The fourth-order valence-corrected chi connectivity index (χ4v) is 7.94. The molecule has 0 saturated heterocycles. The number of benzene rings is 3.